The zero-order chi connectivity index (χ0) is 19.9. The average molecular weight is 382 g/mol. The van der Waals surface area contributed by atoms with Crippen molar-refractivity contribution in [2.75, 3.05) is 12.8 Å². The molecule has 0 unspecified atom stereocenters. The van der Waals surface area contributed by atoms with E-state index < -0.39 is 5.69 Å². The quantitative estimate of drug-likeness (QED) is 0.460. The second-order valence-electron chi connectivity index (χ2n) is 6.38. The van der Waals surface area contributed by atoms with Gasteiger partial charge >= 0.3 is 11.7 Å². The van der Waals surface area contributed by atoms with Gasteiger partial charge in [-0.1, -0.05) is 17.3 Å². The monoisotopic (exact) mass is 382 g/mol. The molecule has 146 valence electrons. The van der Waals surface area contributed by atoms with Crippen LogP contribution in [0.15, 0.2) is 47.5 Å². The predicted octanol–water partition coefficient (Wildman–Crippen LogP) is 1.27. The second-order valence-corrected chi connectivity index (χ2v) is 6.38. The predicted molar refractivity (Wildman–Crippen MR) is 103 cm³/mol. The minimum absolute atomic E-state index is 0.199. The van der Waals surface area contributed by atoms with Crippen molar-refractivity contribution in [3.63, 3.8) is 0 Å². The van der Waals surface area contributed by atoms with Gasteiger partial charge in [0.05, 0.1) is 25.4 Å². The summed E-state index contributed by atoms with van der Waals surface area (Å²) in [6.07, 6.45) is 6.25. The molecule has 2 N–H and O–H groups in total. The Labute approximate surface area is 161 Å². The van der Waals surface area contributed by atoms with E-state index in [1.54, 1.807) is 29.1 Å². The Balaban J connectivity index is 1.45. The zero-order valence-electron chi connectivity index (χ0n) is 15.6. The van der Waals surface area contributed by atoms with Crippen LogP contribution in [0.2, 0.25) is 0 Å². The van der Waals surface area contributed by atoms with Crippen LogP contribution in [-0.2, 0) is 24.2 Å². The largest absolute Gasteiger partial charge is 0.465 e. The van der Waals surface area contributed by atoms with Gasteiger partial charge in [-0.15, -0.1) is 5.10 Å². The molecule has 2 heterocycles. The van der Waals surface area contributed by atoms with E-state index in [0.717, 1.165) is 25.8 Å². The van der Waals surface area contributed by atoms with Gasteiger partial charge in [0, 0.05) is 12.7 Å². The highest BCUT2D eigenvalue weighted by Crippen LogP contribution is 2.09. The lowest BCUT2D eigenvalue weighted by Crippen LogP contribution is -2.23. The van der Waals surface area contributed by atoms with Crippen LogP contribution in [0.3, 0.4) is 0 Å². The number of anilines is 1. The van der Waals surface area contributed by atoms with Crippen LogP contribution in [-0.4, -0.2) is 37.6 Å². The molecule has 3 rings (SSSR count). The van der Waals surface area contributed by atoms with Crippen molar-refractivity contribution in [1.82, 2.24) is 24.5 Å². The van der Waals surface area contributed by atoms with Crippen LogP contribution in [0.25, 0.3) is 0 Å². The number of carbonyl (C=O) groups is 1. The van der Waals surface area contributed by atoms with Gasteiger partial charge in [0.15, 0.2) is 0 Å². The first-order chi connectivity index (χ1) is 13.5. The summed E-state index contributed by atoms with van der Waals surface area (Å²) in [5.41, 5.74) is 7.48. The Bertz CT molecular complexity index is 993. The number of methoxy groups -OCH3 is 1. The Morgan fingerprint density at radius 2 is 1.96 bits per heavy atom. The standard InChI is InChI=1S/C19H22N6O3/c1-28-18(26)15-7-5-14(6-8-15)4-2-3-10-25-13-16(22-23-25)12-24-11-9-17(20)21-19(24)27/h5-9,11,13H,2-4,10,12H2,1H3,(H2,20,21,27). The van der Waals surface area contributed by atoms with Crippen molar-refractivity contribution < 1.29 is 9.53 Å². The van der Waals surface area contributed by atoms with Gasteiger partial charge in [0.25, 0.3) is 0 Å². The van der Waals surface area contributed by atoms with Crippen molar-refractivity contribution >= 4 is 11.8 Å². The number of aryl methyl sites for hydroxylation is 2. The fourth-order valence-corrected chi connectivity index (χ4v) is 2.79. The molecule has 9 nitrogen and oxygen atoms in total. The van der Waals surface area contributed by atoms with E-state index >= 15 is 0 Å². The number of esters is 1. The molecule has 0 radical (unpaired) electrons. The fraction of sp³-hybridized carbons (Fsp3) is 0.316. The lowest BCUT2D eigenvalue weighted by molar-refractivity contribution is 0.0600. The molecule has 0 bridgehead atoms. The summed E-state index contributed by atoms with van der Waals surface area (Å²) in [4.78, 5) is 26.9. The normalized spacial score (nSPS) is 10.8. The smallest absolute Gasteiger partial charge is 0.349 e. The van der Waals surface area contributed by atoms with E-state index in [0.29, 0.717) is 17.8 Å². The van der Waals surface area contributed by atoms with Gasteiger partial charge in [-0.2, -0.15) is 4.98 Å². The number of unbranched alkanes of at least 4 members (excludes halogenated alkanes) is 1. The molecule has 0 saturated heterocycles. The molecule has 28 heavy (non-hydrogen) atoms. The van der Waals surface area contributed by atoms with Crippen molar-refractivity contribution in [3.8, 4) is 0 Å². The molecule has 0 fully saturated rings. The van der Waals surface area contributed by atoms with E-state index in [1.807, 2.05) is 18.3 Å². The summed E-state index contributed by atoms with van der Waals surface area (Å²) < 4.78 is 7.89. The second kappa shape index (κ2) is 8.94. The summed E-state index contributed by atoms with van der Waals surface area (Å²) in [5.74, 6) is -0.129. The first-order valence-electron chi connectivity index (χ1n) is 8.94. The van der Waals surface area contributed by atoms with Gasteiger partial charge in [-0.3, -0.25) is 9.25 Å². The highest BCUT2D eigenvalue weighted by atomic mass is 16.5. The Morgan fingerprint density at radius 3 is 2.68 bits per heavy atom. The molecule has 0 spiro atoms. The highest BCUT2D eigenvalue weighted by Gasteiger charge is 2.06. The van der Waals surface area contributed by atoms with Crippen LogP contribution < -0.4 is 11.4 Å². The van der Waals surface area contributed by atoms with Gasteiger partial charge in [0.1, 0.15) is 11.5 Å². The molecule has 2 aromatic heterocycles. The molecule has 1 aromatic carbocycles. The van der Waals surface area contributed by atoms with E-state index in [4.69, 9.17) is 10.5 Å². The summed E-state index contributed by atoms with van der Waals surface area (Å²) in [7, 11) is 1.37. The maximum Gasteiger partial charge on any atom is 0.349 e. The van der Waals surface area contributed by atoms with Gasteiger partial charge < -0.3 is 10.5 Å². The minimum atomic E-state index is -0.409. The zero-order valence-corrected chi connectivity index (χ0v) is 15.6. The molecule has 9 heteroatoms. The van der Waals surface area contributed by atoms with Crippen LogP contribution in [0.5, 0.6) is 0 Å². The number of aromatic nitrogens is 5. The van der Waals surface area contributed by atoms with Crippen LogP contribution in [0.4, 0.5) is 5.82 Å². The molecule has 3 aromatic rings. The number of nitrogen functional groups attached to an aromatic ring is 1. The Hall–Kier alpha value is -3.49. The summed E-state index contributed by atoms with van der Waals surface area (Å²) in [6.45, 7) is 1.04. The number of rotatable bonds is 8. The number of carbonyl (C=O) groups excluding carboxylic acids is 1. The van der Waals surface area contributed by atoms with Crippen molar-refractivity contribution in [2.24, 2.45) is 0 Å². The first-order valence-corrected chi connectivity index (χ1v) is 8.94. The number of benzene rings is 1. The Kier molecular flexibility index (Phi) is 6.15. The molecule has 0 aliphatic rings. The molecule has 0 amide bonds. The summed E-state index contributed by atoms with van der Waals surface area (Å²) in [5, 5.41) is 8.20. The van der Waals surface area contributed by atoms with Gasteiger partial charge in [0.2, 0.25) is 0 Å². The van der Waals surface area contributed by atoms with E-state index in [9.17, 15) is 9.59 Å². The van der Waals surface area contributed by atoms with Crippen LogP contribution in [0, 0.1) is 0 Å². The number of nitrogens with zero attached hydrogens (tertiary/aromatic N) is 5. The molecule has 0 aliphatic carbocycles. The topological polar surface area (TPSA) is 118 Å². The van der Waals surface area contributed by atoms with Crippen molar-refractivity contribution in [2.45, 2.75) is 32.4 Å². The number of ether oxygens (including phenoxy) is 1. The third-order valence-electron chi connectivity index (χ3n) is 4.29. The average Bonchev–Trinajstić information content (AvgIpc) is 3.14. The summed E-state index contributed by atoms with van der Waals surface area (Å²) in [6, 6.07) is 9.01. The lowest BCUT2D eigenvalue weighted by Gasteiger charge is -2.04. The molecule has 0 saturated carbocycles. The molecular formula is C19H22N6O3. The number of hydrogen-bond acceptors (Lipinski definition) is 7. The van der Waals surface area contributed by atoms with Crippen LogP contribution >= 0.6 is 0 Å². The number of hydrogen-bond donors (Lipinski definition) is 1. The van der Waals surface area contributed by atoms with E-state index in [1.165, 1.54) is 17.2 Å². The number of nitrogens with two attached hydrogens (primary N) is 1. The minimum Gasteiger partial charge on any atom is -0.465 e. The molecular weight excluding hydrogens is 360 g/mol. The van der Waals surface area contributed by atoms with Gasteiger partial charge in [-0.05, 0) is 43.0 Å². The van der Waals surface area contributed by atoms with Crippen molar-refractivity contribution in [1.29, 1.82) is 0 Å². The molecule has 0 atom stereocenters. The fourth-order valence-electron chi connectivity index (χ4n) is 2.79. The SMILES string of the molecule is COC(=O)c1ccc(CCCCn2cc(Cn3ccc(N)nc3=O)nn2)cc1. The van der Waals surface area contributed by atoms with Crippen LogP contribution in [0.1, 0.15) is 34.5 Å². The van der Waals surface area contributed by atoms with E-state index in [-0.39, 0.29) is 11.8 Å². The Morgan fingerprint density at radius 1 is 1.18 bits per heavy atom. The lowest BCUT2D eigenvalue weighted by atomic mass is 10.1. The summed E-state index contributed by atoms with van der Waals surface area (Å²) >= 11 is 0. The third-order valence-corrected chi connectivity index (χ3v) is 4.29. The van der Waals surface area contributed by atoms with E-state index in [2.05, 4.69) is 15.3 Å². The highest BCUT2D eigenvalue weighted by molar-refractivity contribution is 5.89. The van der Waals surface area contributed by atoms with Crippen molar-refractivity contribution in [3.05, 3.63) is 70.0 Å². The maximum absolute atomic E-state index is 11.8. The molecule has 0 aliphatic heterocycles. The van der Waals surface area contributed by atoms with Gasteiger partial charge in [-0.25, -0.2) is 9.59 Å². The third kappa shape index (κ3) is 5.03. The maximum atomic E-state index is 11.8. The first kappa shape index (κ1) is 19.3.